The number of aromatic nitrogens is 1. The van der Waals surface area contributed by atoms with Gasteiger partial charge in [-0.15, -0.1) is 0 Å². The topological polar surface area (TPSA) is 34.1 Å². The minimum atomic E-state index is 0.410. The maximum atomic E-state index is 5.17. The molecule has 1 aromatic heterocycles. The number of benzene rings is 1. The van der Waals surface area contributed by atoms with Gasteiger partial charge in [0.25, 0.3) is 0 Å². The van der Waals surface area contributed by atoms with E-state index in [0.29, 0.717) is 6.04 Å². The molecule has 0 unspecified atom stereocenters. The number of anilines is 1. The molecule has 15 heavy (non-hydrogen) atoms. The third kappa shape index (κ3) is 2.21. The summed E-state index contributed by atoms with van der Waals surface area (Å²) in [6.45, 7) is 4.21. The zero-order valence-corrected chi connectivity index (χ0v) is 9.89. The largest absolute Gasteiger partial charge is 0.497 e. The maximum Gasteiger partial charge on any atom is 0.183 e. The van der Waals surface area contributed by atoms with Crippen LogP contribution in [0.2, 0.25) is 0 Å². The Hall–Kier alpha value is -1.29. The molecule has 0 aliphatic heterocycles. The van der Waals surface area contributed by atoms with Crippen LogP contribution >= 0.6 is 11.3 Å². The summed E-state index contributed by atoms with van der Waals surface area (Å²) in [6.07, 6.45) is 0. The smallest absolute Gasteiger partial charge is 0.183 e. The standard InChI is InChI=1S/C11H14N2OS/c1-7(2)12-11-13-9-5-4-8(14-3)6-10(9)15-11/h4-7H,1-3H3,(H,12,13). The summed E-state index contributed by atoms with van der Waals surface area (Å²) >= 11 is 1.65. The first-order chi connectivity index (χ1) is 7.19. The first-order valence-corrected chi connectivity index (χ1v) is 5.72. The summed E-state index contributed by atoms with van der Waals surface area (Å²) in [7, 11) is 1.68. The van der Waals surface area contributed by atoms with Crippen molar-refractivity contribution in [2.45, 2.75) is 19.9 Å². The molecule has 4 heteroatoms. The van der Waals surface area contributed by atoms with E-state index in [9.17, 15) is 0 Å². The average Bonchev–Trinajstić information content (AvgIpc) is 2.57. The van der Waals surface area contributed by atoms with Gasteiger partial charge in [-0.05, 0) is 32.0 Å². The Morgan fingerprint density at radius 2 is 2.20 bits per heavy atom. The van der Waals surface area contributed by atoms with E-state index < -0.39 is 0 Å². The molecule has 0 saturated carbocycles. The first kappa shape index (κ1) is 10.2. The Morgan fingerprint density at radius 1 is 1.40 bits per heavy atom. The molecule has 1 aromatic carbocycles. The number of nitrogens with zero attached hydrogens (tertiary/aromatic N) is 1. The van der Waals surface area contributed by atoms with Crippen molar-refractivity contribution in [2.75, 3.05) is 12.4 Å². The molecule has 0 aliphatic carbocycles. The van der Waals surface area contributed by atoms with Crippen molar-refractivity contribution in [3.63, 3.8) is 0 Å². The summed E-state index contributed by atoms with van der Waals surface area (Å²) in [5.41, 5.74) is 1.02. The quantitative estimate of drug-likeness (QED) is 0.866. The number of nitrogens with one attached hydrogen (secondary N) is 1. The average molecular weight is 222 g/mol. The van der Waals surface area contributed by atoms with Crippen molar-refractivity contribution < 1.29 is 4.74 Å². The molecular weight excluding hydrogens is 208 g/mol. The Labute approximate surface area is 93.1 Å². The Balaban J connectivity index is 2.37. The van der Waals surface area contributed by atoms with Crippen LogP contribution in [0.1, 0.15) is 13.8 Å². The Kier molecular flexibility index (Phi) is 2.77. The van der Waals surface area contributed by atoms with Crippen LogP contribution in [-0.4, -0.2) is 18.1 Å². The zero-order valence-electron chi connectivity index (χ0n) is 9.07. The fraction of sp³-hybridized carbons (Fsp3) is 0.364. The number of thiazole rings is 1. The molecule has 2 aromatic rings. The molecule has 0 spiro atoms. The molecule has 0 fully saturated rings. The van der Waals surface area contributed by atoms with Gasteiger partial charge < -0.3 is 10.1 Å². The Bertz CT molecular complexity index is 465. The van der Waals surface area contributed by atoms with Crippen molar-refractivity contribution in [3.8, 4) is 5.75 Å². The zero-order chi connectivity index (χ0) is 10.8. The second kappa shape index (κ2) is 4.06. The number of methoxy groups -OCH3 is 1. The van der Waals surface area contributed by atoms with Crippen molar-refractivity contribution in [1.82, 2.24) is 4.98 Å². The summed E-state index contributed by atoms with van der Waals surface area (Å²) in [5.74, 6) is 0.877. The first-order valence-electron chi connectivity index (χ1n) is 4.90. The molecular formula is C11H14N2OS. The highest BCUT2D eigenvalue weighted by molar-refractivity contribution is 7.22. The summed E-state index contributed by atoms with van der Waals surface area (Å²) < 4.78 is 6.32. The lowest BCUT2D eigenvalue weighted by atomic mass is 10.3. The second-order valence-electron chi connectivity index (χ2n) is 3.65. The molecule has 1 N–H and O–H groups in total. The van der Waals surface area contributed by atoms with Gasteiger partial charge in [0.15, 0.2) is 5.13 Å². The van der Waals surface area contributed by atoms with E-state index in [1.54, 1.807) is 18.4 Å². The number of ether oxygens (including phenoxy) is 1. The van der Waals surface area contributed by atoms with Crippen molar-refractivity contribution in [1.29, 1.82) is 0 Å². The highest BCUT2D eigenvalue weighted by atomic mass is 32.1. The molecule has 1 heterocycles. The van der Waals surface area contributed by atoms with E-state index in [1.807, 2.05) is 18.2 Å². The summed E-state index contributed by atoms with van der Waals surface area (Å²) in [6, 6.07) is 6.34. The number of fused-ring (bicyclic) bond motifs is 1. The lowest BCUT2D eigenvalue weighted by molar-refractivity contribution is 0.415. The number of hydrogen-bond acceptors (Lipinski definition) is 4. The Morgan fingerprint density at radius 3 is 2.87 bits per heavy atom. The summed E-state index contributed by atoms with van der Waals surface area (Å²) in [4.78, 5) is 4.48. The van der Waals surface area contributed by atoms with E-state index in [0.717, 1.165) is 21.1 Å². The van der Waals surface area contributed by atoms with Crippen molar-refractivity contribution in [3.05, 3.63) is 18.2 Å². The maximum absolute atomic E-state index is 5.17. The number of hydrogen-bond donors (Lipinski definition) is 1. The second-order valence-corrected chi connectivity index (χ2v) is 4.68. The van der Waals surface area contributed by atoms with Crippen LogP contribution in [0, 0.1) is 0 Å². The highest BCUT2D eigenvalue weighted by Gasteiger charge is 2.05. The van der Waals surface area contributed by atoms with Crippen molar-refractivity contribution >= 4 is 26.7 Å². The third-order valence-corrected chi connectivity index (χ3v) is 2.96. The lowest BCUT2D eigenvalue weighted by Crippen LogP contribution is -2.08. The molecule has 0 atom stereocenters. The van der Waals surface area contributed by atoms with Crippen LogP contribution < -0.4 is 10.1 Å². The van der Waals surface area contributed by atoms with E-state index >= 15 is 0 Å². The molecule has 0 saturated heterocycles. The van der Waals surface area contributed by atoms with Gasteiger partial charge in [-0.3, -0.25) is 0 Å². The lowest BCUT2D eigenvalue weighted by Gasteiger charge is -2.03. The highest BCUT2D eigenvalue weighted by Crippen LogP contribution is 2.29. The third-order valence-electron chi connectivity index (χ3n) is 2.01. The molecule has 0 aliphatic rings. The van der Waals surface area contributed by atoms with Gasteiger partial charge in [0.05, 0.1) is 17.3 Å². The van der Waals surface area contributed by atoms with Crippen LogP contribution in [0.15, 0.2) is 18.2 Å². The van der Waals surface area contributed by atoms with Gasteiger partial charge >= 0.3 is 0 Å². The van der Waals surface area contributed by atoms with Gasteiger partial charge in [0, 0.05) is 6.04 Å². The van der Waals surface area contributed by atoms with Crippen LogP contribution in [-0.2, 0) is 0 Å². The van der Waals surface area contributed by atoms with Gasteiger partial charge in [0.2, 0.25) is 0 Å². The van der Waals surface area contributed by atoms with Gasteiger partial charge in [-0.1, -0.05) is 11.3 Å². The van der Waals surface area contributed by atoms with Gasteiger partial charge in [-0.2, -0.15) is 0 Å². The van der Waals surface area contributed by atoms with E-state index in [2.05, 4.69) is 24.1 Å². The predicted molar refractivity (Wildman–Crippen MR) is 64.9 cm³/mol. The molecule has 0 bridgehead atoms. The minimum absolute atomic E-state index is 0.410. The van der Waals surface area contributed by atoms with Crippen molar-refractivity contribution in [2.24, 2.45) is 0 Å². The van der Waals surface area contributed by atoms with Crippen LogP contribution in [0.5, 0.6) is 5.75 Å². The van der Waals surface area contributed by atoms with E-state index in [4.69, 9.17) is 4.74 Å². The SMILES string of the molecule is COc1ccc2nc(NC(C)C)sc2c1. The fourth-order valence-electron chi connectivity index (χ4n) is 1.34. The summed E-state index contributed by atoms with van der Waals surface area (Å²) in [5, 5.41) is 4.26. The molecule has 0 amide bonds. The van der Waals surface area contributed by atoms with Gasteiger partial charge in [-0.25, -0.2) is 4.98 Å². The molecule has 0 radical (unpaired) electrons. The van der Waals surface area contributed by atoms with Gasteiger partial charge in [0.1, 0.15) is 5.75 Å². The van der Waals surface area contributed by atoms with Crippen LogP contribution in [0.4, 0.5) is 5.13 Å². The molecule has 2 rings (SSSR count). The van der Waals surface area contributed by atoms with E-state index in [-0.39, 0.29) is 0 Å². The van der Waals surface area contributed by atoms with Crippen LogP contribution in [0.3, 0.4) is 0 Å². The number of rotatable bonds is 3. The molecule has 3 nitrogen and oxygen atoms in total. The molecule has 80 valence electrons. The van der Waals surface area contributed by atoms with Crippen LogP contribution in [0.25, 0.3) is 10.2 Å². The fourth-order valence-corrected chi connectivity index (χ4v) is 2.38. The minimum Gasteiger partial charge on any atom is -0.497 e. The monoisotopic (exact) mass is 222 g/mol. The normalized spacial score (nSPS) is 10.9. The predicted octanol–water partition coefficient (Wildman–Crippen LogP) is 3.13. The van der Waals surface area contributed by atoms with E-state index in [1.165, 1.54) is 0 Å².